The van der Waals surface area contributed by atoms with Crippen molar-refractivity contribution < 1.29 is 4.79 Å². The van der Waals surface area contributed by atoms with Crippen LogP contribution < -0.4 is 5.32 Å². The van der Waals surface area contributed by atoms with Crippen molar-refractivity contribution in [3.05, 3.63) is 100 Å². The van der Waals surface area contributed by atoms with Crippen molar-refractivity contribution >= 4 is 17.5 Å². The zero-order valence-electron chi connectivity index (χ0n) is 17.1. The lowest BCUT2D eigenvalue weighted by molar-refractivity contribution is 0.0934. The summed E-state index contributed by atoms with van der Waals surface area (Å²) in [5.74, 6) is 0.547. The van der Waals surface area contributed by atoms with Crippen LogP contribution in [0.1, 0.15) is 45.6 Å². The SMILES string of the molecule is Cn1ccnc1C(NC(=O)c1nn(-c2ccccc2)c2c1CCC2)c1ccc(Cl)cc1. The van der Waals surface area contributed by atoms with Crippen molar-refractivity contribution in [2.75, 3.05) is 0 Å². The van der Waals surface area contributed by atoms with Gasteiger partial charge in [0, 0.05) is 35.7 Å². The first-order chi connectivity index (χ1) is 15.1. The summed E-state index contributed by atoms with van der Waals surface area (Å²) in [4.78, 5) is 17.9. The molecular formula is C24H22ClN5O. The number of nitrogens with zero attached hydrogens (tertiary/aromatic N) is 4. The number of amides is 1. The van der Waals surface area contributed by atoms with Crippen LogP contribution in [0.4, 0.5) is 0 Å². The molecular weight excluding hydrogens is 410 g/mol. The maximum absolute atomic E-state index is 13.5. The monoisotopic (exact) mass is 431 g/mol. The number of hydrogen-bond donors (Lipinski definition) is 1. The zero-order chi connectivity index (χ0) is 21.4. The van der Waals surface area contributed by atoms with Crippen LogP contribution in [0, 0.1) is 0 Å². The summed E-state index contributed by atoms with van der Waals surface area (Å²) in [6, 6.07) is 17.0. The molecule has 7 heteroatoms. The molecule has 1 aliphatic carbocycles. The molecule has 0 bridgehead atoms. The van der Waals surface area contributed by atoms with E-state index in [4.69, 9.17) is 16.7 Å². The fourth-order valence-corrected chi connectivity index (χ4v) is 4.34. The van der Waals surface area contributed by atoms with Crippen LogP contribution >= 0.6 is 11.6 Å². The van der Waals surface area contributed by atoms with Gasteiger partial charge in [0.15, 0.2) is 5.69 Å². The normalized spacial score (nSPS) is 13.7. The molecule has 1 N–H and O–H groups in total. The Morgan fingerprint density at radius 2 is 1.87 bits per heavy atom. The van der Waals surface area contributed by atoms with Crippen LogP contribution in [0.3, 0.4) is 0 Å². The van der Waals surface area contributed by atoms with Gasteiger partial charge in [0.05, 0.1) is 5.69 Å². The highest BCUT2D eigenvalue weighted by Gasteiger charge is 2.29. The molecule has 0 fully saturated rings. The predicted octanol–water partition coefficient (Wildman–Crippen LogP) is 4.27. The molecule has 1 aliphatic rings. The number of hydrogen-bond acceptors (Lipinski definition) is 3. The molecule has 0 spiro atoms. The first-order valence-electron chi connectivity index (χ1n) is 10.3. The average Bonchev–Trinajstić information content (AvgIpc) is 3.50. The van der Waals surface area contributed by atoms with E-state index in [1.807, 2.05) is 77.1 Å². The second-order valence-corrected chi connectivity index (χ2v) is 8.17. The summed E-state index contributed by atoms with van der Waals surface area (Å²) in [5.41, 5.74) is 4.53. The van der Waals surface area contributed by atoms with E-state index in [0.717, 1.165) is 47.6 Å². The lowest BCUT2D eigenvalue weighted by atomic mass is 10.1. The van der Waals surface area contributed by atoms with Crippen LogP contribution in [-0.4, -0.2) is 25.2 Å². The second-order valence-electron chi connectivity index (χ2n) is 7.73. The molecule has 1 unspecified atom stereocenters. The van der Waals surface area contributed by atoms with Crippen molar-refractivity contribution in [3.63, 3.8) is 0 Å². The van der Waals surface area contributed by atoms with Crippen molar-refractivity contribution in [3.8, 4) is 5.69 Å². The molecule has 5 rings (SSSR count). The molecule has 1 atom stereocenters. The largest absolute Gasteiger partial charge is 0.337 e. The molecule has 0 radical (unpaired) electrons. The van der Waals surface area contributed by atoms with Crippen molar-refractivity contribution in [1.82, 2.24) is 24.6 Å². The standard InChI is InChI=1S/C24H22ClN5O/c1-29-15-14-26-23(29)21(16-10-12-17(25)13-11-16)27-24(31)22-19-8-5-9-20(19)30(28-22)18-6-3-2-4-7-18/h2-4,6-7,10-15,21H,5,8-9H2,1H3,(H,27,31). The summed E-state index contributed by atoms with van der Waals surface area (Å²) >= 11 is 6.08. The fraction of sp³-hybridized carbons (Fsp3) is 0.208. The molecule has 0 aliphatic heterocycles. The van der Waals surface area contributed by atoms with Crippen molar-refractivity contribution in [2.24, 2.45) is 7.05 Å². The van der Waals surface area contributed by atoms with E-state index in [9.17, 15) is 4.79 Å². The highest BCUT2D eigenvalue weighted by Crippen LogP contribution is 2.29. The Morgan fingerprint density at radius 1 is 1.10 bits per heavy atom. The number of carbonyl (C=O) groups excluding carboxylic acids is 1. The van der Waals surface area contributed by atoms with Gasteiger partial charge in [-0.3, -0.25) is 4.79 Å². The first kappa shape index (κ1) is 19.6. The van der Waals surface area contributed by atoms with Gasteiger partial charge in [-0.15, -0.1) is 0 Å². The van der Waals surface area contributed by atoms with E-state index >= 15 is 0 Å². The van der Waals surface area contributed by atoms with E-state index < -0.39 is 6.04 Å². The Balaban J connectivity index is 1.52. The van der Waals surface area contributed by atoms with Gasteiger partial charge in [0.2, 0.25) is 0 Å². The van der Waals surface area contributed by atoms with Crippen LogP contribution in [-0.2, 0) is 19.9 Å². The Morgan fingerprint density at radius 3 is 2.58 bits per heavy atom. The first-order valence-corrected chi connectivity index (χ1v) is 10.7. The molecule has 156 valence electrons. The Bertz CT molecular complexity index is 1230. The molecule has 2 heterocycles. The van der Waals surface area contributed by atoms with Gasteiger partial charge in [-0.25, -0.2) is 9.67 Å². The quantitative estimate of drug-likeness (QED) is 0.513. The number of nitrogens with one attached hydrogen (secondary N) is 1. The number of carbonyl (C=O) groups is 1. The maximum atomic E-state index is 13.5. The summed E-state index contributed by atoms with van der Waals surface area (Å²) < 4.78 is 3.82. The van der Waals surface area contributed by atoms with E-state index in [2.05, 4.69) is 10.3 Å². The number of aromatic nitrogens is 4. The minimum Gasteiger partial charge on any atom is -0.337 e. The van der Waals surface area contributed by atoms with Crippen LogP contribution in [0.15, 0.2) is 67.0 Å². The number of aryl methyl sites for hydroxylation is 1. The van der Waals surface area contributed by atoms with Crippen LogP contribution in [0.5, 0.6) is 0 Å². The number of halogens is 1. The third-order valence-electron chi connectivity index (χ3n) is 5.74. The van der Waals surface area contributed by atoms with Gasteiger partial charge in [-0.05, 0) is 49.1 Å². The van der Waals surface area contributed by atoms with Gasteiger partial charge in [-0.2, -0.15) is 5.10 Å². The van der Waals surface area contributed by atoms with Crippen LogP contribution in [0.2, 0.25) is 5.02 Å². The van der Waals surface area contributed by atoms with E-state index in [-0.39, 0.29) is 5.91 Å². The lowest BCUT2D eigenvalue weighted by Crippen LogP contribution is -2.32. The third kappa shape index (κ3) is 3.64. The Kier molecular flexibility index (Phi) is 5.08. The molecule has 4 aromatic rings. The highest BCUT2D eigenvalue weighted by molar-refractivity contribution is 6.30. The maximum Gasteiger partial charge on any atom is 0.272 e. The average molecular weight is 432 g/mol. The minimum absolute atomic E-state index is 0.198. The predicted molar refractivity (Wildman–Crippen MR) is 120 cm³/mol. The molecule has 31 heavy (non-hydrogen) atoms. The van der Waals surface area contributed by atoms with E-state index in [1.165, 1.54) is 0 Å². The smallest absolute Gasteiger partial charge is 0.272 e. The van der Waals surface area contributed by atoms with Crippen molar-refractivity contribution in [1.29, 1.82) is 0 Å². The van der Waals surface area contributed by atoms with Gasteiger partial charge in [0.1, 0.15) is 11.9 Å². The number of benzene rings is 2. The second kappa shape index (κ2) is 8.04. The minimum atomic E-state index is -0.413. The topological polar surface area (TPSA) is 64.7 Å². The van der Waals surface area contributed by atoms with E-state index in [0.29, 0.717) is 10.7 Å². The molecule has 2 aromatic heterocycles. The fourth-order valence-electron chi connectivity index (χ4n) is 4.21. The Hall–Kier alpha value is -3.38. The molecule has 0 saturated carbocycles. The third-order valence-corrected chi connectivity index (χ3v) is 5.99. The van der Waals surface area contributed by atoms with Gasteiger partial charge < -0.3 is 9.88 Å². The van der Waals surface area contributed by atoms with Gasteiger partial charge >= 0.3 is 0 Å². The molecule has 6 nitrogen and oxygen atoms in total. The lowest BCUT2D eigenvalue weighted by Gasteiger charge is -2.19. The number of fused-ring (bicyclic) bond motifs is 1. The highest BCUT2D eigenvalue weighted by atomic mass is 35.5. The molecule has 0 saturated heterocycles. The number of para-hydroxylation sites is 1. The summed E-state index contributed by atoms with van der Waals surface area (Å²) in [6.45, 7) is 0. The number of imidazole rings is 1. The van der Waals surface area contributed by atoms with Crippen molar-refractivity contribution in [2.45, 2.75) is 25.3 Å². The summed E-state index contributed by atoms with van der Waals surface area (Å²) in [6.07, 6.45) is 6.40. The molecule has 1 amide bonds. The zero-order valence-corrected chi connectivity index (χ0v) is 17.9. The van der Waals surface area contributed by atoms with Crippen LogP contribution in [0.25, 0.3) is 5.69 Å². The molecule has 2 aromatic carbocycles. The Labute approximate surface area is 185 Å². The van der Waals surface area contributed by atoms with Gasteiger partial charge in [0.25, 0.3) is 5.91 Å². The summed E-state index contributed by atoms with van der Waals surface area (Å²) in [7, 11) is 1.92. The summed E-state index contributed by atoms with van der Waals surface area (Å²) in [5, 5.41) is 8.53. The number of rotatable bonds is 5. The van der Waals surface area contributed by atoms with Gasteiger partial charge in [-0.1, -0.05) is 41.9 Å². The van der Waals surface area contributed by atoms with E-state index in [1.54, 1.807) is 6.20 Å².